The molecule has 1 saturated carbocycles. The van der Waals surface area contributed by atoms with Crippen molar-refractivity contribution in [1.29, 1.82) is 0 Å². The summed E-state index contributed by atoms with van der Waals surface area (Å²) in [5, 5.41) is 9.83. The van der Waals surface area contributed by atoms with Crippen LogP contribution in [0.5, 0.6) is 0 Å². The summed E-state index contributed by atoms with van der Waals surface area (Å²) >= 11 is 0. The number of benzene rings is 1. The summed E-state index contributed by atoms with van der Waals surface area (Å²) < 4.78 is 27.1. The Hall–Kier alpha value is -1.24. The largest absolute Gasteiger partial charge is 0.385 e. The van der Waals surface area contributed by atoms with Crippen LogP contribution in [0.3, 0.4) is 0 Å². The minimum atomic E-state index is -3.71. The van der Waals surface area contributed by atoms with Crippen molar-refractivity contribution in [2.24, 2.45) is 11.8 Å². The number of aryl methyl sites for hydroxylation is 1. The summed E-state index contributed by atoms with van der Waals surface area (Å²) in [4.78, 5) is 12.5. The van der Waals surface area contributed by atoms with Crippen molar-refractivity contribution in [3.8, 4) is 0 Å². The molecule has 0 bridgehead atoms. The molecule has 1 aliphatic heterocycles. The number of ketones is 1. The Labute approximate surface area is 131 Å². The summed E-state index contributed by atoms with van der Waals surface area (Å²) in [6.07, 6.45) is 0.0868. The third-order valence-electron chi connectivity index (χ3n) is 4.94. The second kappa shape index (κ2) is 5.44. The molecule has 1 aromatic rings. The molecule has 2 fully saturated rings. The summed E-state index contributed by atoms with van der Waals surface area (Å²) in [7, 11) is -3.71. The number of aliphatic hydroxyl groups is 1. The van der Waals surface area contributed by atoms with Crippen molar-refractivity contribution >= 4 is 15.8 Å². The highest BCUT2D eigenvalue weighted by molar-refractivity contribution is 7.89. The monoisotopic (exact) mass is 323 g/mol. The average molecular weight is 323 g/mol. The smallest absolute Gasteiger partial charge is 0.243 e. The van der Waals surface area contributed by atoms with Crippen LogP contribution in [0.1, 0.15) is 25.3 Å². The maximum absolute atomic E-state index is 12.9. The Morgan fingerprint density at radius 2 is 1.82 bits per heavy atom. The third-order valence-corrected chi connectivity index (χ3v) is 6.80. The van der Waals surface area contributed by atoms with Gasteiger partial charge in [0, 0.05) is 6.54 Å². The van der Waals surface area contributed by atoms with Crippen molar-refractivity contribution in [3.05, 3.63) is 29.8 Å². The lowest BCUT2D eigenvalue weighted by Gasteiger charge is -2.32. The highest BCUT2D eigenvalue weighted by Gasteiger charge is 2.52. The highest BCUT2D eigenvalue weighted by Crippen LogP contribution is 2.40. The number of aliphatic hydroxyl groups excluding tert-OH is 1. The molecule has 0 amide bonds. The van der Waals surface area contributed by atoms with Gasteiger partial charge in [0.25, 0.3) is 0 Å². The number of carbonyl (C=O) groups is 1. The minimum Gasteiger partial charge on any atom is -0.385 e. The van der Waals surface area contributed by atoms with E-state index in [0.29, 0.717) is 19.4 Å². The van der Waals surface area contributed by atoms with Crippen LogP contribution in [0.2, 0.25) is 0 Å². The van der Waals surface area contributed by atoms with E-state index in [0.717, 1.165) is 5.56 Å². The Kier molecular flexibility index (Phi) is 3.87. The molecule has 3 rings (SSSR count). The summed E-state index contributed by atoms with van der Waals surface area (Å²) in [6, 6.07) is 5.94. The van der Waals surface area contributed by atoms with E-state index < -0.39 is 22.2 Å². The molecule has 5 nitrogen and oxygen atoms in total. The molecule has 120 valence electrons. The van der Waals surface area contributed by atoms with Gasteiger partial charge in [-0.05, 0) is 43.7 Å². The van der Waals surface area contributed by atoms with Crippen LogP contribution in [0.4, 0.5) is 0 Å². The number of nitrogens with zero attached hydrogens (tertiary/aromatic N) is 1. The molecular formula is C16H21NO4S. The van der Waals surface area contributed by atoms with E-state index in [1.54, 1.807) is 24.3 Å². The quantitative estimate of drug-likeness (QED) is 0.891. The van der Waals surface area contributed by atoms with E-state index in [2.05, 4.69) is 0 Å². The maximum atomic E-state index is 12.9. The van der Waals surface area contributed by atoms with Crippen LogP contribution in [0, 0.1) is 18.8 Å². The zero-order valence-corrected chi connectivity index (χ0v) is 13.6. The summed E-state index contributed by atoms with van der Waals surface area (Å²) in [5.74, 6) is -0.214. The number of hydrogen-bond acceptors (Lipinski definition) is 4. The lowest BCUT2D eigenvalue weighted by atomic mass is 9.79. The molecule has 1 heterocycles. The SMILES string of the molecule is Cc1ccc(S(=O)(=O)N2C[C@@H](C)[C@H]3CCC(O)C(=O)[C@H]32)cc1. The molecular weight excluding hydrogens is 302 g/mol. The first-order valence-electron chi connectivity index (χ1n) is 7.62. The fraction of sp³-hybridized carbons (Fsp3) is 0.562. The molecule has 1 aliphatic carbocycles. The predicted octanol–water partition coefficient (Wildman–Crippen LogP) is 1.34. The van der Waals surface area contributed by atoms with E-state index in [9.17, 15) is 18.3 Å². The van der Waals surface area contributed by atoms with Crippen molar-refractivity contribution in [3.63, 3.8) is 0 Å². The summed E-state index contributed by atoms with van der Waals surface area (Å²) in [5.41, 5.74) is 0.982. The first-order chi connectivity index (χ1) is 10.3. The molecule has 1 N–H and O–H groups in total. The van der Waals surface area contributed by atoms with Gasteiger partial charge in [0.1, 0.15) is 6.10 Å². The Morgan fingerprint density at radius 3 is 2.45 bits per heavy atom. The predicted molar refractivity (Wildman–Crippen MR) is 81.8 cm³/mol. The molecule has 1 unspecified atom stereocenters. The lowest BCUT2D eigenvalue weighted by Crippen LogP contribution is -2.50. The van der Waals surface area contributed by atoms with Gasteiger partial charge in [-0.1, -0.05) is 24.6 Å². The zero-order chi connectivity index (χ0) is 16.1. The van der Waals surface area contributed by atoms with Gasteiger partial charge in [0.05, 0.1) is 10.9 Å². The topological polar surface area (TPSA) is 74.7 Å². The van der Waals surface area contributed by atoms with Gasteiger partial charge in [-0.25, -0.2) is 8.42 Å². The van der Waals surface area contributed by atoms with Crippen LogP contribution < -0.4 is 0 Å². The van der Waals surface area contributed by atoms with Gasteiger partial charge >= 0.3 is 0 Å². The zero-order valence-electron chi connectivity index (χ0n) is 12.8. The van der Waals surface area contributed by atoms with E-state index in [-0.39, 0.29) is 22.5 Å². The number of hydrogen-bond donors (Lipinski definition) is 1. The first kappa shape index (κ1) is 15.6. The number of rotatable bonds is 2. The van der Waals surface area contributed by atoms with Gasteiger partial charge in [0.15, 0.2) is 5.78 Å². The Bertz CT molecular complexity index is 683. The van der Waals surface area contributed by atoms with E-state index in [1.807, 2.05) is 13.8 Å². The van der Waals surface area contributed by atoms with Gasteiger partial charge < -0.3 is 5.11 Å². The molecule has 0 radical (unpaired) electrons. The van der Waals surface area contributed by atoms with Crippen molar-refractivity contribution < 1.29 is 18.3 Å². The normalized spacial score (nSPS) is 33.0. The molecule has 1 aromatic carbocycles. The lowest BCUT2D eigenvalue weighted by molar-refractivity contribution is -0.134. The molecule has 2 aliphatic rings. The second-order valence-electron chi connectivity index (χ2n) is 6.47. The fourth-order valence-corrected chi connectivity index (χ4v) is 5.38. The van der Waals surface area contributed by atoms with Gasteiger partial charge in [-0.3, -0.25) is 4.79 Å². The van der Waals surface area contributed by atoms with E-state index >= 15 is 0 Å². The molecule has 22 heavy (non-hydrogen) atoms. The average Bonchev–Trinajstić information content (AvgIpc) is 2.82. The van der Waals surface area contributed by atoms with Gasteiger partial charge in [0.2, 0.25) is 10.0 Å². The fourth-order valence-electron chi connectivity index (χ4n) is 3.64. The Morgan fingerprint density at radius 1 is 1.18 bits per heavy atom. The molecule has 1 saturated heterocycles. The van der Waals surface area contributed by atoms with Crippen LogP contribution in [-0.2, 0) is 14.8 Å². The molecule has 0 spiro atoms. The maximum Gasteiger partial charge on any atom is 0.243 e. The number of sulfonamides is 1. The molecule has 0 aromatic heterocycles. The van der Waals surface area contributed by atoms with Gasteiger partial charge in [-0.15, -0.1) is 0 Å². The van der Waals surface area contributed by atoms with Crippen molar-refractivity contribution in [2.75, 3.05) is 6.54 Å². The van der Waals surface area contributed by atoms with Crippen LogP contribution >= 0.6 is 0 Å². The van der Waals surface area contributed by atoms with Crippen molar-refractivity contribution in [2.45, 2.75) is 43.7 Å². The van der Waals surface area contributed by atoms with Crippen molar-refractivity contribution in [1.82, 2.24) is 4.31 Å². The van der Waals surface area contributed by atoms with Gasteiger partial charge in [-0.2, -0.15) is 4.31 Å². The second-order valence-corrected chi connectivity index (χ2v) is 8.36. The number of carbonyl (C=O) groups excluding carboxylic acids is 1. The number of fused-ring (bicyclic) bond motifs is 1. The standard InChI is InChI=1S/C16H21NO4S/c1-10-3-5-12(6-4-10)22(20,21)17-9-11(2)13-7-8-14(18)16(19)15(13)17/h3-6,11,13-15,18H,7-9H2,1-2H3/t11-,13-,14?,15+/m1/s1. The van der Waals surface area contributed by atoms with Crippen LogP contribution in [0.15, 0.2) is 29.2 Å². The minimum absolute atomic E-state index is 0.0103. The van der Waals surface area contributed by atoms with Crippen LogP contribution in [0.25, 0.3) is 0 Å². The van der Waals surface area contributed by atoms with Crippen LogP contribution in [-0.4, -0.2) is 42.3 Å². The van der Waals surface area contributed by atoms with E-state index in [4.69, 9.17) is 0 Å². The third kappa shape index (κ3) is 2.39. The number of Topliss-reactive ketones (excluding diaryl/α,β-unsaturated/α-hetero) is 1. The Balaban J connectivity index is 1.99. The summed E-state index contributed by atoms with van der Waals surface area (Å²) in [6.45, 7) is 4.21. The first-order valence-corrected chi connectivity index (χ1v) is 9.06. The highest BCUT2D eigenvalue weighted by atomic mass is 32.2. The molecule has 4 atom stereocenters. The molecule has 6 heteroatoms. The van der Waals surface area contributed by atoms with E-state index in [1.165, 1.54) is 4.31 Å².